The number of methoxy groups -OCH3 is 2. The number of nitrogens with one attached hydrogen (secondary N) is 2. The predicted molar refractivity (Wildman–Crippen MR) is 95.6 cm³/mol. The summed E-state index contributed by atoms with van der Waals surface area (Å²) in [5.41, 5.74) is 0.775. The van der Waals surface area contributed by atoms with Crippen molar-refractivity contribution in [2.45, 2.75) is 0 Å². The molecule has 134 valence electrons. The molecule has 0 fully saturated rings. The molecule has 0 radical (unpaired) electrons. The fourth-order valence-corrected chi connectivity index (χ4v) is 2.33. The van der Waals surface area contributed by atoms with Gasteiger partial charge in [0.1, 0.15) is 5.82 Å². The van der Waals surface area contributed by atoms with Crippen LogP contribution in [0.4, 0.5) is 11.6 Å². The minimum absolute atomic E-state index is 0.0472. The lowest BCUT2D eigenvalue weighted by Gasteiger charge is -2.17. The molecule has 1 aromatic carbocycles. The Morgan fingerprint density at radius 3 is 2.81 bits per heavy atom. The molecule has 1 aliphatic rings. The van der Waals surface area contributed by atoms with Gasteiger partial charge in [-0.2, -0.15) is 0 Å². The Morgan fingerprint density at radius 2 is 2.04 bits per heavy atom. The van der Waals surface area contributed by atoms with E-state index in [2.05, 4.69) is 15.6 Å². The van der Waals surface area contributed by atoms with Crippen molar-refractivity contribution in [2.75, 3.05) is 31.5 Å². The summed E-state index contributed by atoms with van der Waals surface area (Å²) in [6, 6.07) is 8.54. The average molecular weight is 355 g/mol. The Kier molecular flexibility index (Phi) is 5.02. The first-order valence-electron chi connectivity index (χ1n) is 7.74. The maximum atomic E-state index is 12.1. The van der Waals surface area contributed by atoms with E-state index in [9.17, 15) is 9.59 Å². The highest BCUT2D eigenvalue weighted by atomic mass is 16.5. The van der Waals surface area contributed by atoms with Crippen LogP contribution >= 0.6 is 0 Å². The van der Waals surface area contributed by atoms with Crippen LogP contribution in [0, 0.1) is 0 Å². The van der Waals surface area contributed by atoms with Crippen LogP contribution in [0.3, 0.4) is 0 Å². The van der Waals surface area contributed by atoms with Gasteiger partial charge >= 0.3 is 0 Å². The van der Waals surface area contributed by atoms with Crippen LogP contribution in [0.5, 0.6) is 17.2 Å². The number of amides is 2. The van der Waals surface area contributed by atoms with E-state index in [1.807, 2.05) is 0 Å². The monoisotopic (exact) mass is 355 g/mol. The third-order valence-corrected chi connectivity index (χ3v) is 3.56. The minimum Gasteiger partial charge on any atom is -0.493 e. The molecule has 0 aliphatic carbocycles. The number of rotatable bonds is 5. The number of carbonyl (C=O) groups excluding carboxylic acids is 2. The van der Waals surface area contributed by atoms with Gasteiger partial charge in [0.15, 0.2) is 29.7 Å². The number of hydrogen-bond donors (Lipinski definition) is 2. The fourth-order valence-electron chi connectivity index (χ4n) is 2.33. The SMILES string of the molecule is COc1ccc(/C=C/C(=O)Nc2ccc3c(n2)NC(=O)CO3)cc1OC. The number of nitrogens with zero attached hydrogens (tertiary/aromatic N) is 1. The van der Waals surface area contributed by atoms with E-state index in [-0.39, 0.29) is 24.2 Å². The summed E-state index contributed by atoms with van der Waals surface area (Å²) < 4.78 is 15.6. The van der Waals surface area contributed by atoms with Gasteiger partial charge in [-0.3, -0.25) is 9.59 Å². The number of fused-ring (bicyclic) bond motifs is 1. The van der Waals surface area contributed by atoms with Crippen LogP contribution in [0.25, 0.3) is 6.08 Å². The Labute approximate surface area is 149 Å². The van der Waals surface area contributed by atoms with Crippen molar-refractivity contribution in [3.8, 4) is 17.2 Å². The van der Waals surface area contributed by atoms with E-state index in [0.717, 1.165) is 5.56 Å². The van der Waals surface area contributed by atoms with Crippen molar-refractivity contribution in [1.82, 2.24) is 4.98 Å². The Hall–Kier alpha value is -3.55. The number of benzene rings is 1. The Morgan fingerprint density at radius 1 is 1.23 bits per heavy atom. The fraction of sp³-hybridized carbons (Fsp3) is 0.167. The number of aromatic nitrogens is 1. The zero-order valence-electron chi connectivity index (χ0n) is 14.2. The van der Waals surface area contributed by atoms with E-state index < -0.39 is 0 Å². The van der Waals surface area contributed by atoms with Crippen LogP contribution < -0.4 is 24.8 Å². The molecule has 1 aliphatic heterocycles. The molecule has 2 heterocycles. The normalized spacial score (nSPS) is 12.8. The van der Waals surface area contributed by atoms with Gasteiger partial charge in [-0.15, -0.1) is 0 Å². The number of anilines is 2. The van der Waals surface area contributed by atoms with Crippen molar-refractivity contribution in [1.29, 1.82) is 0 Å². The molecule has 3 rings (SSSR count). The highest BCUT2D eigenvalue weighted by Gasteiger charge is 2.17. The zero-order valence-corrected chi connectivity index (χ0v) is 14.2. The summed E-state index contributed by atoms with van der Waals surface area (Å²) in [6.45, 7) is -0.0472. The van der Waals surface area contributed by atoms with Crippen LogP contribution in [-0.2, 0) is 9.59 Å². The molecule has 0 spiro atoms. The Balaban J connectivity index is 1.68. The van der Waals surface area contributed by atoms with Crippen molar-refractivity contribution >= 4 is 29.5 Å². The van der Waals surface area contributed by atoms with E-state index in [1.54, 1.807) is 50.6 Å². The summed E-state index contributed by atoms with van der Waals surface area (Å²) >= 11 is 0. The highest BCUT2D eigenvalue weighted by Crippen LogP contribution is 2.28. The van der Waals surface area contributed by atoms with Crippen molar-refractivity contribution in [3.05, 3.63) is 42.0 Å². The lowest BCUT2D eigenvalue weighted by Crippen LogP contribution is -2.26. The lowest BCUT2D eigenvalue weighted by atomic mass is 10.2. The predicted octanol–water partition coefficient (Wildman–Crippen LogP) is 2.08. The third-order valence-electron chi connectivity index (χ3n) is 3.56. The first-order chi connectivity index (χ1) is 12.6. The van der Waals surface area contributed by atoms with Gasteiger partial charge in [-0.25, -0.2) is 4.98 Å². The van der Waals surface area contributed by atoms with E-state index in [4.69, 9.17) is 14.2 Å². The van der Waals surface area contributed by atoms with Crippen molar-refractivity contribution in [2.24, 2.45) is 0 Å². The first-order valence-corrected chi connectivity index (χ1v) is 7.74. The van der Waals surface area contributed by atoms with Gasteiger partial charge in [0.2, 0.25) is 5.91 Å². The molecular formula is C18H17N3O5. The number of hydrogen-bond acceptors (Lipinski definition) is 6. The molecule has 0 atom stereocenters. The van der Waals surface area contributed by atoms with Crippen LogP contribution in [0.2, 0.25) is 0 Å². The Bertz CT molecular complexity index is 879. The smallest absolute Gasteiger partial charge is 0.263 e. The standard InChI is InChI=1S/C18H17N3O5/c1-24-12-5-3-11(9-14(12)25-2)4-8-16(22)19-15-7-6-13-18(20-15)21-17(23)10-26-13/h3-9H,10H2,1-2H3,(H2,19,20,21,22,23)/b8-4+. The molecule has 8 heteroatoms. The number of carbonyl (C=O) groups is 2. The van der Waals surface area contributed by atoms with Crippen molar-refractivity contribution in [3.63, 3.8) is 0 Å². The first kappa shape index (κ1) is 17.3. The second-order valence-electron chi connectivity index (χ2n) is 5.32. The average Bonchev–Trinajstić information content (AvgIpc) is 2.65. The van der Waals surface area contributed by atoms with Gasteiger partial charge in [0, 0.05) is 6.08 Å². The second-order valence-corrected chi connectivity index (χ2v) is 5.32. The molecule has 8 nitrogen and oxygen atoms in total. The topological polar surface area (TPSA) is 98.8 Å². The largest absolute Gasteiger partial charge is 0.493 e. The van der Waals surface area contributed by atoms with E-state index in [1.165, 1.54) is 6.08 Å². The minimum atomic E-state index is -0.365. The molecular weight excluding hydrogens is 338 g/mol. The molecule has 0 saturated carbocycles. The number of ether oxygens (including phenoxy) is 3. The molecule has 2 amide bonds. The van der Waals surface area contributed by atoms with E-state index in [0.29, 0.717) is 23.1 Å². The van der Waals surface area contributed by atoms with Crippen LogP contribution in [0.1, 0.15) is 5.56 Å². The molecule has 2 N–H and O–H groups in total. The molecule has 0 bridgehead atoms. The van der Waals surface area contributed by atoms with Gasteiger partial charge < -0.3 is 24.8 Å². The second kappa shape index (κ2) is 7.56. The summed E-state index contributed by atoms with van der Waals surface area (Å²) in [4.78, 5) is 27.6. The molecule has 2 aromatic rings. The highest BCUT2D eigenvalue weighted by molar-refractivity contribution is 6.02. The maximum Gasteiger partial charge on any atom is 0.263 e. The van der Waals surface area contributed by atoms with E-state index >= 15 is 0 Å². The quantitative estimate of drug-likeness (QED) is 0.797. The molecule has 1 aromatic heterocycles. The van der Waals surface area contributed by atoms with Gasteiger partial charge in [-0.05, 0) is 35.9 Å². The summed E-state index contributed by atoms with van der Waals surface area (Å²) in [6.07, 6.45) is 3.01. The molecule has 26 heavy (non-hydrogen) atoms. The van der Waals surface area contributed by atoms with Gasteiger partial charge in [0.25, 0.3) is 5.91 Å². The van der Waals surface area contributed by atoms with Crippen LogP contribution in [0.15, 0.2) is 36.4 Å². The van der Waals surface area contributed by atoms with Gasteiger partial charge in [0.05, 0.1) is 14.2 Å². The number of pyridine rings is 1. The zero-order chi connectivity index (χ0) is 18.5. The maximum absolute atomic E-state index is 12.1. The van der Waals surface area contributed by atoms with Crippen LogP contribution in [-0.4, -0.2) is 37.6 Å². The molecule has 0 unspecified atom stereocenters. The van der Waals surface area contributed by atoms with Crippen molar-refractivity contribution < 1.29 is 23.8 Å². The summed E-state index contributed by atoms with van der Waals surface area (Å²) in [5, 5.41) is 5.21. The summed E-state index contributed by atoms with van der Waals surface area (Å²) in [7, 11) is 3.10. The lowest BCUT2D eigenvalue weighted by molar-refractivity contribution is -0.118. The molecule has 0 saturated heterocycles. The summed E-state index contributed by atoms with van der Waals surface area (Å²) in [5.74, 6) is 1.57. The van der Waals surface area contributed by atoms with Gasteiger partial charge in [-0.1, -0.05) is 6.07 Å². The third kappa shape index (κ3) is 3.92.